The largest absolute Gasteiger partial charge is 0.495 e. The zero-order chi connectivity index (χ0) is 21.9. The molecule has 1 fully saturated rings. The van der Waals surface area contributed by atoms with Gasteiger partial charge in [0.2, 0.25) is 10.0 Å². The smallest absolute Gasteiger partial charge is 0.262 e. The molecule has 0 saturated heterocycles. The molecular formula is C22H28N2O5S. The Morgan fingerprint density at radius 1 is 1.13 bits per heavy atom. The van der Waals surface area contributed by atoms with Crippen molar-refractivity contribution in [3.8, 4) is 11.5 Å². The summed E-state index contributed by atoms with van der Waals surface area (Å²) >= 11 is 0. The molecule has 3 rings (SSSR count). The zero-order valence-corrected chi connectivity index (χ0v) is 18.5. The topological polar surface area (TPSA) is 93.7 Å². The average molecular weight is 433 g/mol. The molecule has 0 aliphatic heterocycles. The molecule has 0 spiro atoms. The molecule has 2 aromatic rings. The van der Waals surface area contributed by atoms with Crippen LogP contribution in [-0.2, 0) is 14.8 Å². The number of hydrogen-bond donors (Lipinski definition) is 2. The monoisotopic (exact) mass is 432 g/mol. The third-order valence-electron chi connectivity index (χ3n) is 4.80. The van der Waals surface area contributed by atoms with Crippen molar-refractivity contribution in [2.24, 2.45) is 0 Å². The van der Waals surface area contributed by atoms with Crippen molar-refractivity contribution in [2.45, 2.75) is 50.5 Å². The number of sulfonamides is 1. The van der Waals surface area contributed by atoms with Crippen LogP contribution in [0.25, 0.3) is 0 Å². The SMILES string of the molecule is COc1ccc(S(=O)(=O)NC2CC2)cc1NC(=O)COc1cc(C)ccc1C(C)C. The molecule has 162 valence electrons. The first-order valence-corrected chi connectivity index (χ1v) is 11.4. The van der Waals surface area contributed by atoms with Crippen molar-refractivity contribution in [3.63, 3.8) is 0 Å². The molecule has 0 heterocycles. The van der Waals surface area contributed by atoms with E-state index in [2.05, 4.69) is 23.9 Å². The molecule has 1 aliphatic carbocycles. The Balaban J connectivity index is 1.73. The Kier molecular flexibility index (Phi) is 6.67. The summed E-state index contributed by atoms with van der Waals surface area (Å²) in [5.41, 5.74) is 2.33. The van der Waals surface area contributed by atoms with Crippen molar-refractivity contribution >= 4 is 21.6 Å². The molecule has 2 aromatic carbocycles. The van der Waals surface area contributed by atoms with E-state index in [0.717, 1.165) is 24.0 Å². The van der Waals surface area contributed by atoms with Crippen molar-refractivity contribution in [3.05, 3.63) is 47.5 Å². The van der Waals surface area contributed by atoms with Gasteiger partial charge in [-0.2, -0.15) is 0 Å². The van der Waals surface area contributed by atoms with Crippen LogP contribution in [0.2, 0.25) is 0 Å². The van der Waals surface area contributed by atoms with Crippen LogP contribution < -0.4 is 19.5 Å². The van der Waals surface area contributed by atoms with Crippen LogP contribution >= 0.6 is 0 Å². The van der Waals surface area contributed by atoms with E-state index in [-0.39, 0.29) is 29.1 Å². The molecule has 0 radical (unpaired) electrons. The van der Waals surface area contributed by atoms with Crippen LogP contribution in [0.3, 0.4) is 0 Å². The van der Waals surface area contributed by atoms with E-state index in [1.807, 2.05) is 25.1 Å². The maximum absolute atomic E-state index is 12.5. The van der Waals surface area contributed by atoms with Crippen LogP contribution in [0.15, 0.2) is 41.3 Å². The van der Waals surface area contributed by atoms with E-state index in [9.17, 15) is 13.2 Å². The van der Waals surface area contributed by atoms with E-state index in [4.69, 9.17) is 9.47 Å². The fourth-order valence-corrected chi connectivity index (χ4v) is 4.34. The average Bonchev–Trinajstić information content (AvgIpc) is 3.49. The molecule has 1 saturated carbocycles. The molecule has 0 unspecified atom stereocenters. The van der Waals surface area contributed by atoms with Crippen LogP contribution in [0.4, 0.5) is 5.69 Å². The Labute approximate surface area is 177 Å². The van der Waals surface area contributed by atoms with Gasteiger partial charge in [0.15, 0.2) is 6.61 Å². The number of anilines is 1. The van der Waals surface area contributed by atoms with E-state index in [1.165, 1.54) is 25.3 Å². The van der Waals surface area contributed by atoms with Crippen LogP contribution in [0.5, 0.6) is 11.5 Å². The number of benzene rings is 2. The van der Waals surface area contributed by atoms with Gasteiger partial charge in [0.05, 0.1) is 17.7 Å². The first kappa shape index (κ1) is 22.1. The standard InChI is InChI=1S/C22H28N2O5S/c1-14(2)18-9-5-15(3)11-21(18)29-13-22(25)23-19-12-17(8-10-20(19)28-4)30(26,27)24-16-6-7-16/h5,8-12,14,16,24H,6-7,13H2,1-4H3,(H,23,25). The third kappa shape index (κ3) is 5.52. The van der Waals surface area contributed by atoms with E-state index >= 15 is 0 Å². The summed E-state index contributed by atoms with van der Waals surface area (Å²) in [4.78, 5) is 12.6. The van der Waals surface area contributed by atoms with Gasteiger partial charge in [-0.25, -0.2) is 13.1 Å². The fraction of sp³-hybridized carbons (Fsp3) is 0.409. The van der Waals surface area contributed by atoms with E-state index in [0.29, 0.717) is 11.5 Å². The first-order valence-electron chi connectivity index (χ1n) is 9.93. The first-order chi connectivity index (χ1) is 14.2. The number of carbonyl (C=O) groups excluding carboxylic acids is 1. The normalized spacial score (nSPS) is 13.9. The number of carbonyl (C=O) groups is 1. The Morgan fingerprint density at radius 2 is 1.87 bits per heavy atom. The summed E-state index contributed by atoms with van der Waals surface area (Å²) in [5.74, 6) is 0.878. The summed E-state index contributed by atoms with van der Waals surface area (Å²) in [6, 6.07) is 10.3. The lowest BCUT2D eigenvalue weighted by atomic mass is 10.0. The highest BCUT2D eigenvalue weighted by Gasteiger charge is 2.28. The number of nitrogens with one attached hydrogen (secondary N) is 2. The molecule has 2 N–H and O–H groups in total. The summed E-state index contributed by atoms with van der Waals surface area (Å²) < 4.78 is 38.6. The molecule has 1 amide bonds. The fourth-order valence-electron chi connectivity index (χ4n) is 3.01. The molecule has 7 nitrogen and oxygen atoms in total. The van der Waals surface area contributed by atoms with Crippen molar-refractivity contribution < 1.29 is 22.7 Å². The van der Waals surface area contributed by atoms with Gasteiger partial charge < -0.3 is 14.8 Å². The quantitative estimate of drug-likeness (QED) is 0.632. The number of hydrogen-bond acceptors (Lipinski definition) is 5. The minimum atomic E-state index is -3.64. The van der Waals surface area contributed by atoms with Crippen LogP contribution in [0, 0.1) is 6.92 Å². The highest BCUT2D eigenvalue weighted by atomic mass is 32.2. The van der Waals surface area contributed by atoms with E-state index in [1.54, 1.807) is 0 Å². The number of methoxy groups -OCH3 is 1. The van der Waals surface area contributed by atoms with Gasteiger partial charge in [-0.05, 0) is 61.1 Å². The maximum Gasteiger partial charge on any atom is 0.262 e. The maximum atomic E-state index is 12.5. The number of amides is 1. The lowest BCUT2D eigenvalue weighted by Gasteiger charge is -2.16. The predicted molar refractivity (Wildman–Crippen MR) is 116 cm³/mol. The molecule has 0 atom stereocenters. The molecule has 0 aromatic heterocycles. The Morgan fingerprint density at radius 3 is 2.50 bits per heavy atom. The third-order valence-corrected chi connectivity index (χ3v) is 6.32. The highest BCUT2D eigenvalue weighted by molar-refractivity contribution is 7.89. The van der Waals surface area contributed by atoms with Crippen LogP contribution in [-0.4, -0.2) is 34.1 Å². The summed E-state index contributed by atoms with van der Waals surface area (Å²) in [6.07, 6.45) is 1.68. The lowest BCUT2D eigenvalue weighted by Crippen LogP contribution is -2.26. The van der Waals surface area contributed by atoms with Gasteiger partial charge in [0, 0.05) is 6.04 Å². The number of rotatable bonds is 9. The summed E-state index contributed by atoms with van der Waals surface area (Å²) in [7, 11) is -2.19. The lowest BCUT2D eigenvalue weighted by molar-refractivity contribution is -0.118. The van der Waals surface area contributed by atoms with Gasteiger partial charge in [0.25, 0.3) is 5.91 Å². The highest BCUT2D eigenvalue weighted by Crippen LogP contribution is 2.30. The Bertz CT molecular complexity index is 1030. The second kappa shape index (κ2) is 9.06. The minimum absolute atomic E-state index is 0.00646. The molecule has 8 heteroatoms. The van der Waals surface area contributed by atoms with E-state index < -0.39 is 15.9 Å². The van der Waals surface area contributed by atoms with Crippen molar-refractivity contribution in [2.75, 3.05) is 19.0 Å². The zero-order valence-electron chi connectivity index (χ0n) is 17.7. The second-order valence-electron chi connectivity index (χ2n) is 7.79. The van der Waals surface area contributed by atoms with Gasteiger partial charge in [0.1, 0.15) is 11.5 Å². The molecule has 30 heavy (non-hydrogen) atoms. The number of ether oxygens (including phenoxy) is 2. The summed E-state index contributed by atoms with van der Waals surface area (Å²) in [5, 5.41) is 2.70. The van der Waals surface area contributed by atoms with Gasteiger partial charge >= 0.3 is 0 Å². The Hall–Kier alpha value is -2.58. The van der Waals surface area contributed by atoms with Crippen molar-refractivity contribution in [1.82, 2.24) is 4.72 Å². The summed E-state index contributed by atoms with van der Waals surface area (Å²) in [6.45, 7) is 5.88. The second-order valence-corrected chi connectivity index (χ2v) is 9.50. The molecule has 1 aliphatic rings. The predicted octanol–water partition coefficient (Wildman–Crippen LogP) is 3.59. The minimum Gasteiger partial charge on any atom is -0.495 e. The molecule has 0 bridgehead atoms. The number of aryl methyl sites for hydroxylation is 1. The van der Waals surface area contributed by atoms with Gasteiger partial charge in [-0.1, -0.05) is 26.0 Å². The van der Waals surface area contributed by atoms with Crippen LogP contribution in [0.1, 0.15) is 43.7 Å². The molecular weight excluding hydrogens is 404 g/mol. The van der Waals surface area contributed by atoms with Gasteiger partial charge in [-0.3, -0.25) is 4.79 Å². The van der Waals surface area contributed by atoms with Crippen molar-refractivity contribution in [1.29, 1.82) is 0 Å². The van der Waals surface area contributed by atoms with Gasteiger partial charge in [-0.15, -0.1) is 0 Å².